The first-order valence-corrected chi connectivity index (χ1v) is 7.54. The van der Waals surface area contributed by atoms with Crippen molar-refractivity contribution in [3.63, 3.8) is 0 Å². The zero-order chi connectivity index (χ0) is 15.0. The van der Waals surface area contributed by atoms with E-state index in [1.165, 1.54) is 4.90 Å². The fourth-order valence-corrected chi connectivity index (χ4v) is 3.32. The zero-order valence-corrected chi connectivity index (χ0v) is 12.2. The van der Waals surface area contributed by atoms with Crippen molar-refractivity contribution in [1.29, 1.82) is 0 Å². The van der Waals surface area contributed by atoms with Gasteiger partial charge in [-0.1, -0.05) is 0 Å². The highest BCUT2D eigenvalue weighted by atomic mass is 16.5. The highest BCUT2D eigenvalue weighted by molar-refractivity contribution is 5.83. The molecule has 4 atom stereocenters. The van der Waals surface area contributed by atoms with E-state index < -0.39 is 12.0 Å². The molecule has 21 heavy (non-hydrogen) atoms. The van der Waals surface area contributed by atoms with Gasteiger partial charge in [-0.05, 0) is 25.2 Å². The molecule has 2 saturated heterocycles. The lowest BCUT2D eigenvalue weighted by atomic mass is 10.1. The maximum atomic E-state index is 12.4. The van der Waals surface area contributed by atoms with Crippen LogP contribution in [-0.2, 0) is 14.3 Å². The highest BCUT2D eigenvalue weighted by Gasteiger charge is 2.44. The molecule has 0 bridgehead atoms. The largest absolute Gasteiger partial charge is 0.480 e. The quantitative estimate of drug-likeness (QED) is 0.786. The number of carboxylic acid groups (broad SMARTS) is 1. The fourth-order valence-electron chi connectivity index (χ4n) is 3.32. The molecule has 2 heterocycles. The number of likely N-dealkylation sites (tertiary alicyclic amines) is 1. The van der Waals surface area contributed by atoms with E-state index in [9.17, 15) is 14.7 Å². The molecule has 0 spiro atoms. The van der Waals surface area contributed by atoms with Crippen LogP contribution in [0, 0.1) is 5.92 Å². The first-order valence-electron chi connectivity index (χ1n) is 7.54. The van der Waals surface area contributed by atoms with Gasteiger partial charge in [0.1, 0.15) is 6.04 Å². The Kier molecular flexibility index (Phi) is 4.03. The summed E-state index contributed by atoms with van der Waals surface area (Å²) in [4.78, 5) is 25.1. The van der Waals surface area contributed by atoms with E-state index in [1.54, 1.807) is 7.11 Å². The molecule has 2 aliphatic heterocycles. The molecule has 118 valence electrons. The second-order valence-electron chi connectivity index (χ2n) is 6.12. The number of aliphatic carboxylic acids is 1. The van der Waals surface area contributed by atoms with Crippen LogP contribution >= 0.6 is 0 Å². The number of ether oxygens (including phenoxy) is 2. The summed E-state index contributed by atoms with van der Waals surface area (Å²) in [6.45, 7) is 0.982. The first-order chi connectivity index (χ1) is 10.1. The van der Waals surface area contributed by atoms with Gasteiger partial charge in [0.25, 0.3) is 0 Å². The number of carbonyl (C=O) groups excluding carboxylic acids is 1. The Labute approximate surface area is 123 Å². The van der Waals surface area contributed by atoms with Gasteiger partial charge in [-0.3, -0.25) is 0 Å². The number of hydrogen-bond acceptors (Lipinski definition) is 4. The Morgan fingerprint density at radius 1 is 1.33 bits per heavy atom. The number of carboxylic acids is 1. The average Bonchev–Trinajstić information content (AvgIpc) is 3.03. The van der Waals surface area contributed by atoms with E-state index in [0.29, 0.717) is 25.5 Å². The van der Waals surface area contributed by atoms with E-state index in [1.807, 2.05) is 0 Å². The van der Waals surface area contributed by atoms with E-state index in [2.05, 4.69) is 5.32 Å². The van der Waals surface area contributed by atoms with Crippen LogP contribution in [-0.4, -0.2) is 66.6 Å². The van der Waals surface area contributed by atoms with Crippen LogP contribution in [0.3, 0.4) is 0 Å². The fraction of sp³-hybridized carbons (Fsp3) is 0.857. The number of hydrogen-bond donors (Lipinski definition) is 2. The third kappa shape index (κ3) is 2.98. The van der Waals surface area contributed by atoms with Crippen LogP contribution in [0.15, 0.2) is 0 Å². The lowest BCUT2D eigenvalue weighted by Crippen LogP contribution is -2.51. The molecule has 0 aromatic carbocycles. The number of urea groups is 1. The maximum absolute atomic E-state index is 12.4. The van der Waals surface area contributed by atoms with Crippen LogP contribution in [0.4, 0.5) is 4.79 Å². The molecule has 0 aromatic rings. The van der Waals surface area contributed by atoms with Gasteiger partial charge in [0.15, 0.2) is 0 Å². The summed E-state index contributed by atoms with van der Waals surface area (Å²) in [6, 6.07) is -1.12. The van der Waals surface area contributed by atoms with Crippen LogP contribution in [0.2, 0.25) is 0 Å². The molecule has 1 saturated carbocycles. The number of amides is 2. The van der Waals surface area contributed by atoms with Crippen LogP contribution in [0.25, 0.3) is 0 Å². The highest BCUT2D eigenvalue weighted by Crippen LogP contribution is 2.38. The Balaban J connectivity index is 1.62. The van der Waals surface area contributed by atoms with Crippen molar-refractivity contribution in [2.45, 2.75) is 50.0 Å². The monoisotopic (exact) mass is 298 g/mol. The average molecular weight is 298 g/mol. The molecule has 7 heteroatoms. The van der Waals surface area contributed by atoms with Crippen LogP contribution < -0.4 is 5.32 Å². The number of nitrogens with one attached hydrogen (secondary N) is 1. The molecular formula is C14H22N2O5. The van der Waals surface area contributed by atoms with Gasteiger partial charge in [0.05, 0.1) is 18.2 Å². The van der Waals surface area contributed by atoms with Gasteiger partial charge < -0.3 is 24.8 Å². The van der Waals surface area contributed by atoms with Crippen molar-refractivity contribution in [3.8, 4) is 0 Å². The summed E-state index contributed by atoms with van der Waals surface area (Å²) in [5.74, 6) is -0.426. The van der Waals surface area contributed by atoms with E-state index in [4.69, 9.17) is 9.47 Å². The maximum Gasteiger partial charge on any atom is 0.326 e. The third-order valence-corrected chi connectivity index (χ3v) is 4.67. The molecule has 3 aliphatic rings. The van der Waals surface area contributed by atoms with Crippen LogP contribution in [0.1, 0.15) is 25.7 Å². The smallest absolute Gasteiger partial charge is 0.326 e. The lowest BCUT2D eigenvalue weighted by molar-refractivity contribution is -0.141. The SMILES string of the molecule is COC1CC(C(=O)O)N(C(=O)NC2CCOC2C2CC2)C1. The topological polar surface area (TPSA) is 88.1 Å². The first kappa shape index (κ1) is 14.6. The molecule has 7 nitrogen and oxygen atoms in total. The summed E-state index contributed by atoms with van der Waals surface area (Å²) in [6.07, 6.45) is 3.33. The number of nitrogens with zero attached hydrogens (tertiary/aromatic N) is 1. The molecule has 3 rings (SSSR count). The van der Waals surface area contributed by atoms with Crippen molar-refractivity contribution < 1.29 is 24.2 Å². The lowest BCUT2D eigenvalue weighted by Gasteiger charge is -2.26. The summed E-state index contributed by atoms with van der Waals surface area (Å²) in [5, 5.41) is 12.2. The zero-order valence-electron chi connectivity index (χ0n) is 12.2. The number of methoxy groups -OCH3 is 1. The minimum absolute atomic E-state index is 0.000963. The van der Waals surface area contributed by atoms with E-state index in [-0.39, 0.29) is 24.3 Å². The predicted octanol–water partition coefficient (Wildman–Crippen LogP) is 0.437. The molecule has 1 aliphatic carbocycles. The van der Waals surface area contributed by atoms with Gasteiger partial charge in [0, 0.05) is 26.7 Å². The predicted molar refractivity (Wildman–Crippen MR) is 72.9 cm³/mol. The van der Waals surface area contributed by atoms with Crippen molar-refractivity contribution in [2.24, 2.45) is 5.92 Å². The Hall–Kier alpha value is -1.34. The molecule has 2 amide bonds. The summed E-state index contributed by atoms with van der Waals surface area (Å²) in [7, 11) is 1.54. The van der Waals surface area contributed by atoms with Crippen molar-refractivity contribution in [3.05, 3.63) is 0 Å². The van der Waals surface area contributed by atoms with E-state index >= 15 is 0 Å². The van der Waals surface area contributed by atoms with Gasteiger partial charge in [0.2, 0.25) is 0 Å². The number of carbonyl (C=O) groups is 2. The van der Waals surface area contributed by atoms with Crippen LogP contribution in [0.5, 0.6) is 0 Å². The standard InChI is InChI=1S/C14H22N2O5/c1-20-9-6-11(13(17)18)16(7-9)14(19)15-10-4-5-21-12(10)8-2-3-8/h8-12H,2-7H2,1H3,(H,15,19)(H,17,18). The number of rotatable bonds is 4. The minimum Gasteiger partial charge on any atom is -0.480 e. The van der Waals surface area contributed by atoms with E-state index in [0.717, 1.165) is 19.3 Å². The molecular weight excluding hydrogens is 276 g/mol. The molecule has 4 unspecified atom stereocenters. The Morgan fingerprint density at radius 2 is 2.10 bits per heavy atom. The van der Waals surface area contributed by atoms with Crippen molar-refractivity contribution in [1.82, 2.24) is 10.2 Å². The van der Waals surface area contributed by atoms with Crippen molar-refractivity contribution in [2.75, 3.05) is 20.3 Å². The van der Waals surface area contributed by atoms with Gasteiger partial charge in [-0.2, -0.15) is 0 Å². The normalized spacial score (nSPS) is 36.0. The van der Waals surface area contributed by atoms with Gasteiger partial charge in [-0.15, -0.1) is 0 Å². The third-order valence-electron chi connectivity index (χ3n) is 4.67. The Bertz CT molecular complexity index is 426. The molecule has 2 N–H and O–H groups in total. The minimum atomic E-state index is -0.980. The molecule has 0 radical (unpaired) electrons. The van der Waals surface area contributed by atoms with Gasteiger partial charge in [-0.25, -0.2) is 9.59 Å². The van der Waals surface area contributed by atoms with Gasteiger partial charge >= 0.3 is 12.0 Å². The summed E-state index contributed by atoms with van der Waals surface area (Å²) in [5.41, 5.74) is 0. The summed E-state index contributed by atoms with van der Waals surface area (Å²) >= 11 is 0. The summed E-state index contributed by atoms with van der Waals surface area (Å²) < 4.78 is 10.9. The molecule has 3 fully saturated rings. The second-order valence-corrected chi connectivity index (χ2v) is 6.12. The second kappa shape index (κ2) is 5.81. The van der Waals surface area contributed by atoms with Crippen molar-refractivity contribution >= 4 is 12.0 Å². The Morgan fingerprint density at radius 3 is 2.71 bits per heavy atom. The molecule has 0 aromatic heterocycles.